The molecule has 3 aromatic carbocycles. The number of thioether (sulfide) groups is 1. The number of carbonyl (C=O) groups is 2. The number of hydrogen-bond acceptors (Lipinski definition) is 4. The summed E-state index contributed by atoms with van der Waals surface area (Å²) >= 11 is 23.0. The molecule has 2 amide bonds. The molecule has 1 aliphatic rings. The van der Waals surface area contributed by atoms with E-state index in [-0.39, 0.29) is 17.7 Å². The van der Waals surface area contributed by atoms with E-state index in [9.17, 15) is 9.59 Å². The summed E-state index contributed by atoms with van der Waals surface area (Å²) in [5.74, 6) is -0.0167. The van der Waals surface area contributed by atoms with Crippen molar-refractivity contribution in [2.75, 3.05) is 0 Å². The molecule has 9 heteroatoms. The van der Waals surface area contributed by atoms with Gasteiger partial charge >= 0.3 is 0 Å². The van der Waals surface area contributed by atoms with Crippen molar-refractivity contribution >= 4 is 79.7 Å². The molecule has 0 aromatic heterocycles. The lowest BCUT2D eigenvalue weighted by molar-refractivity contribution is -0.123. The van der Waals surface area contributed by atoms with Crippen LogP contribution in [0.4, 0.5) is 4.79 Å². The van der Waals surface area contributed by atoms with E-state index in [1.54, 1.807) is 42.5 Å². The van der Waals surface area contributed by atoms with Gasteiger partial charge in [0.05, 0.1) is 21.5 Å². The van der Waals surface area contributed by atoms with Crippen LogP contribution in [0.25, 0.3) is 6.08 Å². The summed E-state index contributed by atoms with van der Waals surface area (Å²) in [6, 6.07) is 18.0. The first-order valence-corrected chi connectivity index (χ1v) is 12.4. The molecule has 0 saturated carbocycles. The quantitative estimate of drug-likeness (QED) is 0.274. The predicted molar refractivity (Wildman–Crippen MR) is 138 cm³/mol. The first-order valence-electron chi connectivity index (χ1n) is 9.66. The average molecular weight is 584 g/mol. The molecule has 33 heavy (non-hydrogen) atoms. The van der Waals surface area contributed by atoms with Crippen LogP contribution in [0, 0.1) is 0 Å². The molecule has 1 fully saturated rings. The molecular weight excluding hydrogens is 569 g/mol. The van der Waals surface area contributed by atoms with Crippen LogP contribution >= 0.6 is 62.5 Å². The summed E-state index contributed by atoms with van der Waals surface area (Å²) in [5.41, 5.74) is 2.36. The maximum atomic E-state index is 12.8. The second kappa shape index (κ2) is 10.5. The Morgan fingerprint density at radius 2 is 1.52 bits per heavy atom. The van der Waals surface area contributed by atoms with Crippen molar-refractivity contribution < 1.29 is 14.3 Å². The summed E-state index contributed by atoms with van der Waals surface area (Å²) in [6.45, 7) is 0.471. The van der Waals surface area contributed by atoms with Gasteiger partial charge in [-0.05, 0) is 70.9 Å². The van der Waals surface area contributed by atoms with Gasteiger partial charge < -0.3 is 4.74 Å². The highest BCUT2D eigenvalue weighted by Crippen LogP contribution is 2.38. The Kier molecular flexibility index (Phi) is 7.72. The highest BCUT2D eigenvalue weighted by atomic mass is 79.9. The zero-order valence-corrected chi connectivity index (χ0v) is 21.5. The molecule has 0 unspecified atom stereocenters. The largest absolute Gasteiger partial charge is 0.486 e. The van der Waals surface area contributed by atoms with E-state index < -0.39 is 0 Å². The van der Waals surface area contributed by atoms with Crippen LogP contribution in [0.2, 0.25) is 15.1 Å². The average Bonchev–Trinajstić information content (AvgIpc) is 3.03. The van der Waals surface area contributed by atoms with E-state index in [0.717, 1.165) is 27.4 Å². The van der Waals surface area contributed by atoms with Gasteiger partial charge in [-0.1, -0.05) is 75.0 Å². The summed E-state index contributed by atoms with van der Waals surface area (Å²) in [5, 5.41) is 0.871. The molecule has 0 bridgehead atoms. The van der Waals surface area contributed by atoms with Gasteiger partial charge in [0.1, 0.15) is 6.61 Å². The monoisotopic (exact) mass is 581 g/mol. The van der Waals surface area contributed by atoms with Crippen molar-refractivity contribution in [2.24, 2.45) is 0 Å². The molecule has 1 saturated heterocycles. The standard InChI is InChI=1S/C24H15BrCl3NO3S/c25-17-5-1-15(2-6-17)13-32-22-19(27)9-16(10-20(22)28)11-21-23(30)29(24(31)33-21)12-14-3-7-18(26)8-4-14/h1-11H,12-13H2/b21-11-. The molecule has 0 N–H and O–H groups in total. The number of amides is 2. The molecule has 1 aliphatic heterocycles. The van der Waals surface area contributed by atoms with Crippen LogP contribution in [0.1, 0.15) is 16.7 Å². The van der Waals surface area contributed by atoms with E-state index in [1.165, 1.54) is 4.90 Å². The Morgan fingerprint density at radius 1 is 0.909 bits per heavy atom. The van der Waals surface area contributed by atoms with Gasteiger partial charge in [-0.15, -0.1) is 0 Å². The van der Waals surface area contributed by atoms with Gasteiger partial charge in [-0.3, -0.25) is 14.5 Å². The van der Waals surface area contributed by atoms with Gasteiger partial charge in [0.15, 0.2) is 5.75 Å². The number of hydrogen-bond donors (Lipinski definition) is 0. The van der Waals surface area contributed by atoms with Crippen molar-refractivity contribution in [3.8, 4) is 5.75 Å². The fourth-order valence-corrected chi connectivity index (χ4v) is 4.94. The van der Waals surface area contributed by atoms with Gasteiger partial charge in [-0.2, -0.15) is 0 Å². The lowest BCUT2D eigenvalue weighted by Crippen LogP contribution is -2.27. The van der Waals surface area contributed by atoms with Crippen LogP contribution < -0.4 is 4.74 Å². The van der Waals surface area contributed by atoms with Gasteiger partial charge in [0.25, 0.3) is 11.1 Å². The van der Waals surface area contributed by atoms with Crippen molar-refractivity contribution in [1.29, 1.82) is 0 Å². The molecule has 168 valence electrons. The molecule has 0 spiro atoms. The third kappa shape index (κ3) is 5.94. The van der Waals surface area contributed by atoms with Crippen molar-refractivity contribution in [3.05, 3.63) is 102 Å². The van der Waals surface area contributed by atoms with Crippen LogP contribution in [-0.2, 0) is 17.9 Å². The third-order valence-corrected chi connectivity index (χ3v) is 6.99. The summed E-state index contributed by atoms with van der Waals surface area (Å²) < 4.78 is 6.78. The maximum absolute atomic E-state index is 12.8. The zero-order chi connectivity index (χ0) is 23.5. The Morgan fingerprint density at radius 3 is 2.15 bits per heavy atom. The van der Waals surface area contributed by atoms with Gasteiger partial charge in [0.2, 0.25) is 0 Å². The molecular formula is C24H15BrCl3NO3S. The number of halogens is 4. The highest BCUT2D eigenvalue weighted by molar-refractivity contribution is 9.10. The fraction of sp³-hybridized carbons (Fsp3) is 0.0833. The number of ether oxygens (including phenoxy) is 1. The maximum Gasteiger partial charge on any atom is 0.293 e. The van der Waals surface area contributed by atoms with Gasteiger partial charge in [0, 0.05) is 9.50 Å². The number of nitrogens with zero attached hydrogens (tertiary/aromatic N) is 1. The van der Waals surface area contributed by atoms with Gasteiger partial charge in [-0.25, -0.2) is 0 Å². The van der Waals surface area contributed by atoms with Crippen molar-refractivity contribution in [1.82, 2.24) is 4.90 Å². The Hall–Kier alpha value is -1.96. The molecule has 4 nitrogen and oxygen atoms in total. The van der Waals surface area contributed by atoms with E-state index in [2.05, 4.69) is 15.9 Å². The number of carbonyl (C=O) groups excluding carboxylic acids is 2. The minimum atomic E-state index is -0.372. The van der Waals surface area contributed by atoms with E-state index >= 15 is 0 Å². The van der Waals surface area contributed by atoms with Crippen LogP contribution in [0.3, 0.4) is 0 Å². The SMILES string of the molecule is O=C1S/C(=C\c2cc(Cl)c(OCc3ccc(Br)cc3)c(Cl)c2)C(=O)N1Cc1ccc(Cl)cc1. The molecule has 0 aliphatic carbocycles. The fourth-order valence-electron chi connectivity index (χ4n) is 3.10. The van der Waals surface area contributed by atoms with Crippen molar-refractivity contribution in [3.63, 3.8) is 0 Å². The van der Waals surface area contributed by atoms with Crippen LogP contribution in [-0.4, -0.2) is 16.0 Å². The minimum absolute atomic E-state index is 0.170. The first kappa shape index (κ1) is 24.2. The van der Waals surface area contributed by atoms with E-state index in [0.29, 0.717) is 37.9 Å². The Balaban J connectivity index is 1.49. The van der Waals surface area contributed by atoms with Crippen molar-refractivity contribution in [2.45, 2.75) is 13.2 Å². The Labute approximate surface area is 218 Å². The van der Waals surface area contributed by atoms with Crippen LogP contribution in [0.15, 0.2) is 70.0 Å². The summed E-state index contributed by atoms with van der Waals surface area (Å²) in [7, 11) is 0. The van der Waals surface area contributed by atoms with E-state index in [1.807, 2.05) is 24.3 Å². The number of rotatable bonds is 6. The molecule has 0 radical (unpaired) electrons. The lowest BCUT2D eigenvalue weighted by atomic mass is 10.2. The number of imide groups is 1. The zero-order valence-electron chi connectivity index (χ0n) is 16.9. The molecule has 3 aromatic rings. The summed E-state index contributed by atoms with van der Waals surface area (Å²) in [6.07, 6.45) is 1.60. The normalized spacial score (nSPS) is 14.9. The van der Waals surface area contributed by atoms with E-state index in [4.69, 9.17) is 39.5 Å². The van der Waals surface area contributed by atoms with Crippen LogP contribution in [0.5, 0.6) is 5.75 Å². The minimum Gasteiger partial charge on any atom is -0.486 e. The lowest BCUT2D eigenvalue weighted by Gasteiger charge is -2.12. The Bertz CT molecular complexity index is 1220. The second-order valence-corrected chi connectivity index (χ2v) is 10.3. The summed E-state index contributed by atoms with van der Waals surface area (Å²) in [4.78, 5) is 26.7. The molecule has 4 rings (SSSR count). The highest BCUT2D eigenvalue weighted by Gasteiger charge is 2.35. The molecule has 1 heterocycles. The smallest absolute Gasteiger partial charge is 0.293 e. The first-order chi connectivity index (χ1) is 15.8. The predicted octanol–water partition coefficient (Wildman–Crippen LogP) is 8.22. The second-order valence-electron chi connectivity index (χ2n) is 7.12. The number of benzene rings is 3. The molecule has 0 atom stereocenters. The topological polar surface area (TPSA) is 46.6 Å². The third-order valence-electron chi connectivity index (χ3n) is 4.74.